The molecule has 0 spiro atoms. The lowest BCUT2D eigenvalue weighted by Crippen LogP contribution is -2.49. The molecule has 7 nitrogen and oxygen atoms in total. The molecule has 1 saturated carbocycles. The Bertz CT molecular complexity index is 612. The van der Waals surface area contributed by atoms with Crippen molar-refractivity contribution in [2.45, 2.75) is 38.1 Å². The van der Waals surface area contributed by atoms with E-state index in [2.05, 4.69) is 15.2 Å². The average Bonchev–Trinajstić information content (AvgIpc) is 3.07. The molecule has 1 aliphatic carbocycles. The van der Waals surface area contributed by atoms with E-state index in [0.29, 0.717) is 38.4 Å². The van der Waals surface area contributed by atoms with E-state index in [1.54, 1.807) is 6.20 Å². The fraction of sp³-hybridized carbons (Fsp3) is 0.632. The summed E-state index contributed by atoms with van der Waals surface area (Å²) in [6.45, 7) is 3.37. The van der Waals surface area contributed by atoms with Crippen molar-refractivity contribution in [3.8, 4) is 0 Å². The maximum atomic E-state index is 12.3. The van der Waals surface area contributed by atoms with Gasteiger partial charge in [0.1, 0.15) is 5.82 Å². The normalized spacial score (nSPS) is 21.5. The molecule has 1 saturated heterocycles. The molecule has 3 N–H and O–H groups in total. The van der Waals surface area contributed by atoms with Gasteiger partial charge in [0.2, 0.25) is 11.8 Å². The van der Waals surface area contributed by atoms with Crippen LogP contribution in [-0.4, -0.2) is 60.5 Å². The van der Waals surface area contributed by atoms with Gasteiger partial charge in [0, 0.05) is 57.8 Å². The molecule has 3 rings (SSSR count). The zero-order valence-electron chi connectivity index (χ0n) is 16.1. The monoisotopic (exact) mass is 431 g/mol. The zero-order valence-corrected chi connectivity index (χ0v) is 17.7. The van der Waals surface area contributed by atoms with Crippen molar-refractivity contribution in [2.75, 3.05) is 37.6 Å². The maximum Gasteiger partial charge on any atom is 0.224 e. The Hall–Kier alpha value is -1.57. The number of anilines is 1. The maximum absolute atomic E-state index is 12.3. The third-order valence-electron chi connectivity index (χ3n) is 5.43. The lowest BCUT2D eigenvalue weighted by molar-refractivity contribution is -0.131. The summed E-state index contributed by atoms with van der Waals surface area (Å²) in [5.74, 6) is 1.37. The van der Waals surface area contributed by atoms with Crippen LogP contribution in [0.2, 0.25) is 0 Å². The second-order valence-corrected chi connectivity index (χ2v) is 7.21. The van der Waals surface area contributed by atoms with Crippen LogP contribution in [0.1, 0.15) is 32.1 Å². The number of pyridine rings is 1. The molecule has 1 aromatic rings. The number of aromatic nitrogens is 1. The number of amides is 2. The Morgan fingerprint density at radius 1 is 1.14 bits per heavy atom. The summed E-state index contributed by atoms with van der Waals surface area (Å²) >= 11 is 0. The standard InChI is InChI=1S/C19H29N5O2.2ClH/c20-16-5-3-4-15(16)14-18(25)22-9-7-19(26)24-12-10-23(11-13-24)17-6-1-2-8-21-17;;/h1-2,6,8,15-16H,3-5,7,9-14,20H2,(H,22,25);2*1H/t15-,16+;;/m0../s1. The second-order valence-electron chi connectivity index (χ2n) is 7.21. The Morgan fingerprint density at radius 2 is 1.89 bits per heavy atom. The van der Waals surface area contributed by atoms with Crippen LogP contribution in [0.4, 0.5) is 5.82 Å². The lowest BCUT2D eigenvalue weighted by atomic mass is 10.00. The van der Waals surface area contributed by atoms with Crippen molar-refractivity contribution in [2.24, 2.45) is 11.7 Å². The fourth-order valence-electron chi connectivity index (χ4n) is 3.82. The van der Waals surface area contributed by atoms with Crippen LogP contribution >= 0.6 is 24.8 Å². The molecule has 28 heavy (non-hydrogen) atoms. The first-order valence-electron chi connectivity index (χ1n) is 9.59. The molecular formula is C19H31Cl2N5O2. The molecule has 158 valence electrons. The summed E-state index contributed by atoms with van der Waals surface area (Å²) in [6.07, 6.45) is 5.79. The van der Waals surface area contributed by atoms with Gasteiger partial charge in [-0.25, -0.2) is 4.98 Å². The topological polar surface area (TPSA) is 91.6 Å². The lowest BCUT2D eigenvalue weighted by Gasteiger charge is -2.35. The molecule has 2 fully saturated rings. The Morgan fingerprint density at radius 3 is 2.50 bits per heavy atom. The SMILES string of the molecule is Cl.Cl.N[C@@H]1CCC[C@H]1CC(=O)NCCC(=O)N1CCN(c2ccccn2)CC1. The molecule has 1 aliphatic heterocycles. The van der Waals surface area contributed by atoms with Gasteiger partial charge in [0.15, 0.2) is 0 Å². The highest BCUT2D eigenvalue weighted by Gasteiger charge is 2.26. The predicted octanol–water partition coefficient (Wildman–Crippen LogP) is 1.60. The first-order chi connectivity index (χ1) is 12.6. The van der Waals surface area contributed by atoms with Crippen molar-refractivity contribution in [1.29, 1.82) is 0 Å². The van der Waals surface area contributed by atoms with Crippen molar-refractivity contribution in [3.63, 3.8) is 0 Å². The van der Waals surface area contributed by atoms with Crippen LogP contribution in [0.5, 0.6) is 0 Å². The second kappa shape index (κ2) is 12.1. The van der Waals surface area contributed by atoms with Crippen LogP contribution in [0.3, 0.4) is 0 Å². The highest BCUT2D eigenvalue weighted by atomic mass is 35.5. The van der Waals surface area contributed by atoms with Gasteiger partial charge in [-0.1, -0.05) is 12.5 Å². The van der Waals surface area contributed by atoms with Gasteiger partial charge >= 0.3 is 0 Å². The summed E-state index contributed by atoms with van der Waals surface area (Å²) < 4.78 is 0. The minimum Gasteiger partial charge on any atom is -0.356 e. The molecule has 9 heteroatoms. The number of nitrogens with two attached hydrogens (primary N) is 1. The van der Waals surface area contributed by atoms with E-state index in [-0.39, 0.29) is 42.7 Å². The van der Waals surface area contributed by atoms with Crippen molar-refractivity contribution in [1.82, 2.24) is 15.2 Å². The minimum atomic E-state index is 0. The molecule has 2 aliphatic rings. The molecule has 0 bridgehead atoms. The van der Waals surface area contributed by atoms with Crippen LogP contribution in [-0.2, 0) is 9.59 Å². The number of nitrogens with one attached hydrogen (secondary N) is 1. The van der Waals surface area contributed by atoms with E-state index in [1.165, 1.54) is 0 Å². The van der Waals surface area contributed by atoms with Crippen molar-refractivity contribution in [3.05, 3.63) is 24.4 Å². The molecule has 1 aromatic heterocycles. The Balaban J connectivity index is 0.00000196. The molecule has 2 atom stereocenters. The minimum absolute atomic E-state index is 0. The average molecular weight is 432 g/mol. The van der Waals surface area contributed by atoms with Crippen LogP contribution in [0, 0.1) is 5.92 Å². The first-order valence-corrected chi connectivity index (χ1v) is 9.59. The largest absolute Gasteiger partial charge is 0.356 e. The molecule has 0 radical (unpaired) electrons. The third-order valence-corrected chi connectivity index (χ3v) is 5.43. The number of carbonyl (C=O) groups is 2. The van der Waals surface area contributed by atoms with Crippen LogP contribution in [0.15, 0.2) is 24.4 Å². The summed E-state index contributed by atoms with van der Waals surface area (Å²) in [6, 6.07) is 6.01. The summed E-state index contributed by atoms with van der Waals surface area (Å²) in [4.78, 5) is 32.8. The van der Waals surface area contributed by atoms with E-state index in [0.717, 1.165) is 38.2 Å². The van der Waals surface area contributed by atoms with Gasteiger partial charge in [-0.3, -0.25) is 9.59 Å². The number of piperazine rings is 1. The van der Waals surface area contributed by atoms with Crippen molar-refractivity contribution >= 4 is 42.4 Å². The van der Waals surface area contributed by atoms with Gasteiger partial charge in [0.25, 0.3) is 0 Å². The summed E-state index contributed by atoms with van der Waals surface area (Å²) in [7, 11) is 0. The smallest absolute Gasteiger partial charge is 0.224 e. The van der Waals surface area contributed by atoms with E-state index >= 15 is 0 Å². The summed E-state index contributed by atoms with van der Waals surface area (Å²) in [5.41, 5.74) is 6.01. The third kappa shape index (κ3) is 6.79. The Kier molecular flexibility index (Phi) is 10.6. The van der Waals surface area contributed by atoms with E-state index < -0.39 is 0 Å². The highest BCUT2D eigenvalue weighted by Crippen LogP contribution is 2.26. The zero-order chi connectivity index (χ0) is 18.4. The fourth-order valence-corrected chi connectivity index (χ4v) is 3.82. The molecule has 2 heterocycles. The number of hydrogen-bond acceptors (Lipinski definition) is 5. The van der Waals surface area contributed by atoms with Gasteiger partial charge in [-0.2, -0.15) is 0 Å². The van der Waals surface area contributed by atoms with Gasteiger partial charge in [-0.05, 0) is 30.9 Å². The van der Waals surface area contributed by atoms with E-state index in [4.69, 9.17) is 5.73 Å². The number of rotatable bonds is 6. The van der Waals surface area contributed by atoms with Gasteiger partial charge < -0.3 is 20.9 Å². The highest BCUT2D eigenvalue weighted by molar-refractivity contribution is 5.85. The van der Waals surface area contributed by atoms with Gasteiger partial charge in [-0.15, -0.1) is 24.8 Å². The molecule has 0 unspecified atom stereocenters. The predicted molar refractivity (Wildman–Crippen MR) is 115 cm³/mol. The Labute approximate surface area is 179 Å². The van der Waals surface area contributed by atoms with Crippen LogP contribution < -0.4 is 16.0 Å². The summed E-state index contributed by atoms with van der Waals surface area (Å²) in [5, 5.41) is 2.87. The van der Waals surface area contributed by atoms with E-state index in [9.17, 15) is 9.59 Å². The quantitative estimate of drug-likeness (QED) is 0.713. The van der Waals surface area contributed by atoms with E-state index in [1.807, 2.05) is 23.1 Å². The van der Waals surface area contributed by atoms with Crippen LogP contribution in [0.25, 0.3) is 0 Å². The number of hydrogen-bond donors (Lipinski definition) is 2. The number of carbonyl (C=O) groups excluding carboxylic acids is 2. The molecule has 0 aromatic carbocycles. The molecular weight excluding hydrogens is 401 g/mol. The number of nitrogens with zero attached hydrogens (tertiary/aromatic N) is 3. The van der Waals surface area contributed by atoms with Gasteiger partial charge in [0.05, 0.1) is 0 Å². The molecule has 2 amide bonds. The number of halogens is 2. The first kappa shape index (κ1) is 24.5. The van der Waals surface area contributed by atoms with Crippen molar-refractivity contribution < 1.29 is 9.59 Å².